The average molecular weight is 313 g/mol. The van der Waals surface area contributed by atoms with Crippen molar-refractivity contribution in [2.45, 2.75) is 19.9 Å². The molecule has 0 heterocycles. The highest BCUT2D eigenvalue weighted by Crippen LogP contribution is 2.17. The largest absolute Gasteiger partial charge is 0.508 e. The molecule has 0 aromatic heterocycles. The molecular formula is C18H19NO4. The summed E-state index contributed by atoms with van der Waals surface area (Å²) in [5.74, 6) is -0.982. The maximum absolute atomic E-state index is 12.4. The topological polar surface area (TPSA) is 66.8 Å². The van der Waals surface area contributed by atoms with Crippen LogP contribution in [0, 0.1) is 0 Å². The van der Waals surface area contributed by atoms with Gasteiger partial charge in [0, 0.05) is 11.7 Å². The Kier molecular flexibility index (Phi) is 5.36. The average Bonchev–Trinajstić information content (AvgIpc) is 2.53. The van der Waals surface area contributed by atoms with Gasteiger partial charge in [0.1, 0.15) is 5.75 Å². The molecule has 0 bridgehead atoms. The lowest BCUT2D eigenvalue weighted by Gasteiger charge is -2.26. The van der Waals surface area contributed by atoms with E-state index in [-0.39, 0.29) is 29.9 Å². The van der Waals surface area contributed by atoms with Crippen molar-refractivity contribution in [2.75, 3.05) is 11.5 Å². The predicted octanol–water partition coefficient (Wildman–Crippen LogP) is 2.99. The van der Waals surface area contributed by atoms with E-state index in [0.717, 1.165) is 5.69 Å². The zero-order valence-electron chi connectivity index (χ0n) is 13.1. The van der Waals surface area contributed by atoms with Gasteiger partial charge in [0.2, 0.25) is 0 Å². The van der Waals surface area contributed by atoms with Gasteiger partial charge in [-0.2, -0.15) is 0 Å². The molecule has 0 saturated carbocycles. The number of rotatable bonds is 5. The summed E-state index contributed by atoms with van der Waals surface area (Å²) < 4.78 is 5.06. The Morgan fingerprint density at radius 2 is 1.78 bits per heavy atom. The molecule has 0 spiro atoms. The lowest BCUT2D eigenvalue weighted by molar-refractivity contribution is -0.122. The van der Waals surface area contributed by atoms with E-state index in [1.54, 1.807) is 4.90 Å². The molecule has 0 aliphatic rings. The van der Waals surface area contributed by atoms with E-state index in [4.69, 9.17) is 4.74 Å². The number of nitrogens with zero attached hydrogens (tertiary/aromatic N) is 1. The van der Waals surface area contributed by atoms with Crippen LogP contribution < -0.4 is 4.90 Å². The van der Waals surface area contributed by atoms with Crippen LogP contribution in [0.25, 0.3) is 0 Å². The first kappa shape index (κ1) is 16.5. The molecule has 2 rings (SSSR count). The highest BCUT2D eigenvalue weighted by atomic mass is 16.5. The summed E-state index contributed by atoms with van der Waals surface area (Å²) in [6, 6.07) is 15.0. The highest BCUT2D eigenvalue weighted by Gasteiger charge is 2.20. The number of ether oxygens (including phenoxy) is 1. The lowest BCUT2D eigenvalue weighted by Crippen LogP contribution is -2.39. The zero-order chi connectivity index (χ0) is 16.8. The van der Waals surface area contributed by atoms with Crippen LogP contribution in [0.5, 0.6) is 5.75 Å². The molecule has 0 saturated heterocycles. The highest BCUT2D eigenvalue weighted by molar-refractivity contribution is 5.97. The number of aromatic hydroxyl groups is 1. The minimum atomic E-state index is -0.647. The van der Waals surface area contributed by atoms with Gasteiger partial charge < -0.3 is 14.7 Å². The number of phenolic OH excluding ortho intramolecular Hbond substituents is 1. The van der Waals surface area contributed by atoms with Gasteiger partial charge in [-0.1, -0.05) is 24.3 Å². The summed E-state index contributed by atoms with van der Waals surface area (Å²) in [5.41, 5.74) is 0.953. The maximum Gasteiger partial charge on any atom is 0.338 e. The van der Waals surface area contributed by atoms with E-state index in [1.165, 1.54) is 24.3 Å². The van der Waals surface area contributed by atoms with Crippen molar-refractivity contribution < 1.29 is 19.4 Å². The second-order valence-corrected chi connectivity index (χ2v) is 5.32. The van der Waals surface area contributed by atoms with Crippen LogP contribution in [-0.4, -0.2) is 29.6 Å². The van der Waals surface area contributed by atoms with Crippen molar-refractivity contribution in [3.8, 4) is 5.75 Å². The van der Waals surface area contributed by atoms with E-state index < -0.39 is 5.97 Å². The number of amides is 1. The molecule has 1 N–H and O–H groups in total. The maximum atomic E-state index is 12.4. The Morgan fingerprint density at radius 1 is 1.09 bits per heavy atom. The first-order valence-corrected chi connectivity index (χ1v) is 7.32. The molecule has 1 amide bonds. The standard InChI is InChI=1S/C18H19NO4/c1-13(2)19(15-8-4-3-5-9-15)17(21)12-23-18(22)14-7-6-10-16(20)11-14/h3-11,13,20H,12H2,1-2H3. The summed E-state index contributed by atoms with van der Waals surface area (Å²) in [7, 11) is 0. The predicted molar refractivity (Wildman–Crippen MR) is 87.5 cm³/mol. The fraction of sp³-hybridized carbons (Fsp3) is 0.222. The molecular weight excluding hydrogens is 294 g/mol. The molecule has 0 aliphatic heterocycles. The molecule has 0 atom stereocenters. The number of phenols is 1. The Bertz CT molecular complexity index is 682. The van der Waals surface area contributed by atoms with E-state index in [0.29, 0.717) is 0 Å². The Hall–Kier alpha value is -2.82. The van der Waals surface area contributed by atoms with Gasteiger partial charge in [-0.05, 0) is 44.2 Å². The molecule has 23 heavy (non-hydrogen) atoms. The Labute approximate surface area is 135 Å². The third-order valence-corrected chi connectivity index (χ3v) is 3.23. The third kappa shape index (κ3) is 4.32. The second-order valence-electron chi connectivity index (χ2n) is 5.32. The normalized spacial score (nSPS) is 10.4. The van der Waals surface area contributed by atoms with Crippen LogP contribution in [0.3, 0.4) is 0 Å². The number of para-hydroxylation sites is 1. The fourth-order valence-corrected chi connectivity index (χ4v) is 2.23. The van der Waals surface area contributed by atoms with Crippen molar-refractivity contribution in [2.24, 2.45) is 0 Å². The molecule has 0 unspecified atom stereocenters. The third-order valence-electron chi connectivity index (χ3n) is 3.23. The lowest BCUT2D eigenvalue weighted by atomic mass is 10.2. The van der Waals surface area contributed by atoms with Gasteiger partial charge in [-0.3, -0.25) is 4.79 Å². The zero-order valence-corrected chi connectivity index (χ0v) is 13.1. The van der Waals surface area contributed by atoms with Crippen molar-refractivity contribution in [1.29, 1.82) is 0 Å². The monoisotopic (exact) mass is 313 g/mol. The van der Waals surface area contributed by atoms with Gasteiger partial charge in [0.25, 0.3) is 5.91 Å². The Balaban J connectivity index is 2.04. The SMILES string of the molecule is CC(C)N(C(=O)COC(=O)c1cccc(O)c1)c1ccccc1. The smallest absolute Gasteiger partial charge is 0.338 e. The van der Waals surface area contributed by atoms with E-state index >= 15 is 0 Å². The minimum Gasteiger partial charge on any atom is -0.508 e. The number of esters is 1. The van der Waals surface area contributed by atoms with Crippen molar-refractivity contribution in [3.05, 3.63) is 60.2 Å². The van der Waals surface area contributed by atoms with Crippen LogP contribution in [0.1, 0.15) is 24.2 Å². The van der Waals surface area contributed by atoms with Crippen LogP contribution in [0.15, 0.2) is 54.6 Å². The van der Waals surface area contributed by atoms with Crippen LogP contribution in [0.4, 0.5) is 5.69 Å². The molecule has 2 aromatic carbocycles. The Morgan fingerprint density at radius 3 is 2.39 bits per heavy atom. The minimum absolute atomic E-state index is 0.0288. The van der Waals surface area contributed by atoms with E-state index in [2.05, 4.69) is 0 Å². The van der Waals surface area contributed by atoms with Gasteiger partial charge in [-0.25, -0.2) is 4.79 Å². The van der Waals surface area contributed by atoms with E-state index in [1.807, 2.05) is 44.2 Å². The van der Waals surface area contributed by atoms with Gasteiger partial charge in [0.05, 0.1) is 5.56 Å². The summed E-state index contributed by atoms with van der Waals surface area (Å²) >= 11 is 0. The van der Waals surface area contributed by atoms with Crippen molar-refractivity contribution >= 4 is 17.6 Å². The summed E-state index contributed by atoms with van der Waals surface area (Å²) in [6.07, 6.45) is 0. The first-order chi connectivity index (χ1) is 11.0. The molecule has 5 heteroatoms. The van der Waals surface area contributed by atoms with Gasteiger partial charge in [0.15, 0.2) is 6.61 Å². The summed E-state index contributed by atoms with van der Waals surface area (Å²) in [5, 5.41) is 9.37. The van der Waals surface area contributed by atoms with Gasteiger partial charge in [-0.15, -0.1) is 0 Å². The molecule has 0 aliphatic carbocycles. The van der Waals surface area contributed by atoms with Crippen molar-refractivity contribution in [3.63, 3.8) is 0 Å². The molecule has 0 fully saturated rings. The second kappa shape index (κ2) is 7.45. The van der Waals surface area contributed by atoms with E-state index in [9.17, 15) is 14.7 Å². The van der Waals surface area contributed by atoms with Crippen LogP contribution >= 0.6 is 0 Å². The summed E-state index contributed by atoms with van der Waals surface area (Å²) in [4.78, 5) is 25.9. The number of anilines is 1. The molecule has 0 radical (unpaired) electrons. The molecule has 5 nitrogen and oxygen atoms in total. The number of benzene rings is 2. The summed E-state index contributed by atoms with van der Waals surface area (Å²) in [6.45, 7) is 3.42. The number of carbonyl (C=O) groups excluding carboxylic acids is 2. The number of carbonyl (C=O) groups is 2. The van der Waals surface area contributed by atoms with Crippen molar-refractivity contribution in [1.82, 2.24) is 0 Å². The number of hydrogen-bond acceptors (Lipinski definition) is 4. The molecule has 2 aromatic rings. The van der Waals surface area contributed by atoms with Gasteiger partial charge >= 0.3 is 5.97 Å². The molecule has 120 valence electrons. The first-order valence-electron chi connectivity index (χ1n) is 7.32. The quantitative estimate of drug-likeness (QED) is 0.862. The van der Waals surface area contributed by atoms with Crippen LogP contribution in [-0.2, 0) is 9.53 Å². The number of hydrogen-bond donors (Lipinski definition) is 1. The van der Waals surface area contributed by atoms with Crippen LogP contribution in [0.2, 0.25) is 0 Å². The fourth-order valence-electron chi connectivity index (χ4n) is 2.23.